The standard InChI is InChI=1S/C13H22N2O3S/c14-8-13(4-2-1-3-5-13)6-11(16)15-9-19-7-10(15)12(17)18/h10H,1-9,14H2,(H,17,18)/t10-/m0/s1. The van der Waals surface area contributed by atoms with Crippen LogP contribution in [0.5, 0.6) is 0 Å². The molecule has 0 aromatic carbocycles. The Balaban J connectivity index is 2.01. The molecule has 1 saturated heterocycles. The van der Waals surface area contributed by atoms with Crippen LogP contribution in [0.3, 0.4) is 0 Å². The molecule has 0 aromatic rings. The van der Waals surface area contributed by atoms with Gasteiger partial charge >= 0.3 is 5.97 Å². The Morgan fingerprint density at radius 2 is 2.00 bits per heavy atom. The second kappa shape index (κ2) is 6.13. The van der Waals surface area contributed by atoms with Crippen molar-refractivity contribution in [2.45, 2.75) is 44.6 Å². The molecule has 0 aromatic heterocycles. The lowest BCUT2D eigenvalue weighted by molar-refractivity contribution is -0.148. The monoisotopic (exact) mass is 286 g/mol. The summed E-state index contributed by atoms with van der Waals surface area (Å²) in [4.78, 5) is 25.0. The summed E-state index contributed by atoms with van der Waals surface area (Å²) in [6.07, 6.45) is 5.87. The van der Waals surface area contributed by atoms with E-state index in [4.69, 9.17) is 10.8 Å². The molecule has 1 aliphatic heterocycles. The van der Waals surface area contributed by atoms with Gasteiger partial charge in [0.15, 0.2) is 0 Å². The zero-order chi connectivity index (χ0) is 13.9. The maximum Gasteiger partial charge on any atom is 0.327 e. The zero-order valence-electron chi connectivity index (χ0n) is 11.1. The van der Waals surface area contributed by atoms with Crippen molar-refractivity contribution < 1.29 is 14.7 Å². The molecule has 3 N–H and O–H groups in total. The first-order chi connectivity index (χ1) is 9.08. The molecule has 0 spiro atoms. The van der Waals surface area contributed by atoms with Crippen molar-refractivity contribution in [2.75, 3.05) is 18.2 Å². The highest BCUT2D eigenvalue weighted by molar-refractivity contribution is 7.99. The van der Waals surface area contributed by atoms with Gasteiger partial charge in [-0.2, -0.15) is 0 Å². The van der Waals surface area contributed by atoms with Crippen LogP contribution in [0.2, 0.25) is 0 Å². The van der Waals surface area contributed by atoms with Gasteiger partial charge in [0.05, 0.1) is 5.88 Å². The number of rotatable bonds is 4. The third-order valence-corrected chi connectivity index (χ3v) is 5.37. The molecule has 2 aliphatic rings. The average Bonchev–Trinajstić information content (AvgIpc) is 2.89. The first kappa shape index (κ1) is 14.7. The summed E-state index contributed by atoms with van der Waals surface area (Å²) in [5.74, 6) is 0.0567. The Morgan fingerprint density at radius 3 is 2.58 bits per heavy atom. The largest absolute Gasteiger partial charge is 0.480 e. The van der Waals surface area contributed by atoms with Gasteiger partial charge in [0.2, 0.25) is 5.91 Å². The van der Waals surface area contributed by atoms with Gasteiger partial charge in [-0.3, -0.25) is 4.79 Å². The maximum absolute atomic E-state index is 12.4. The van der Waals surface area contributed by atoms with Gasteiger partial charge in [0.1, 0.15) is 6.04 Å². The van der Waals surface area contributed by atoms with Crippen molar-refractivity contribution in [1.29, 1.82) is 0 Å². The lowest BCUT2D eigenvalue weighted by Crippen LogP contribution is -2.45. The van der Waals surface area contributed by atoms with Gasteiger partial charge < -0.3 is 15.7 Å². The number of carboxylic acids is 1. The SMILES string of the molecule is NCC1(CC(=O)N2CSC[C@H]2C(=O)O)CCCCC1. The van der Waals surface area contributed by atoms with E-state index in [2.05, 4.69) is 0 Å². The van der Waals surface area contributed by atoms with Crippen molar-refractivity contribution in [2.24, 2.45) is 11.1 Å². The highest BCUT2D eigenvalue weighted by Crippen LogP contribution is 2.39. The molecule has 2 rings (SSSR count). The summed E-state index contributed by atoms with van der Waals surface area (Å²) in [6.45, 7) is 0.525. The number of carbonyl (C=O) groups is 2. The number of nitrogens with two attached hydrogens (primary N) is 1. The fourth-order valence-corrected chi connectivity index (χ4v) is 4.24. The molecule has 2 fully saturated rings. The lowest BCUT2D eigenvalue weighted by Gasteiger charge is -2.37. The van der Waals surface area contributed by atoms with E-state index >= 15 is 0 Å². The van der Waals surface area contributed by atoms with E-state index in [-0.39, 0.29) is 11.3 Å². The van der Waals surface area contributed by atoms with Gasteiger partial charge in [-0.1, -0.05) is 19.3 Å². The van der Waals surface area contributed by atoms with Crippen molar-refractivity contribution >= 4 is 23.6 Å². The number of amides is 1. The summed E-state index contributed by atoms with van der Waals surface area (Å²) in [5, 5.41) is 9.13. The first-order valence-corrected chi connectivity index (χ1v) is 8.03. The molecule has 6 heteroatoms. The van der Waals surface area contributed by atoms with Crippen LogP contribution in [-0.4, -0.2) is 46.1 Å². The Morgan fingerprint density at radius 1 is 1.32 bits per heavy atom. The summed E-state index contributed by atoms with van der Waals surface area (Å²) in [5.41, 5.74) is 5.80. The Hall–Kier alpha value is -0.750. The van der Waals surface area contributed by atoms with Crippen LogP contribution in [0.25, 0.3) is 0 Å². The van der Waals surface area contributed by atoms with Crippen LogP contribution >= 0.6 is 11.8 Å². The van der Waals surface area contributed by atoms with E-state index in [0.29, 0.717) is 24.6 Å². The number of carboxylic acid groups (broad SMARTS) is 1. The summed E-state index contributed by atoms with van der Waals surface area (Å²) in [7, 11) is 0. The fraction of sp³-hybridized carbons (Fsp3) is 0.846. The van der Waals surface area contributed by atoms with E-state index in [9.17, 15) is 9.59 Å². The highest BCUT2D eigenvalue weighted by atomic mass is 32.2. The van der Waals surface area contributed by atoms with Crippen LogP contribution in [0.1, 0.15) is 38.5 Å². The molecule has 0 unspecified atom stereocenters. The number of aliphatic carboxylic acids is 1. The molecule has 5 nitrogen and oxygen atoms in total. The molecular formula is C13H22N2O3S. The molecule has 1 amide bonds. The second-order valence-corrected chi connectivity index (χ2v) is 6.66. The van der Waals surface area contributed by atoms with Crippen LogP contribution in [-0.2, 0) is 9.59 Å². The van der Waals surface area contributed by atoms with Crippen molar-refractivity contribution in [3.63, 3.8) is 0 Å². The van der Waals surface area contributed by atoms with Gasteiger partial charge in [0, 0.05) is 12.2 Å². The Labute approximate surface area is 117 Å². The van der Waals surface area contributed by atoms with E-state index < -0.39 is 12.0 Å². The predicted molar refractivity (Wildman–Crippen MR) is 74.8 cm³/mol. The molecule has 1 saturated carbocycles. The van der Waals surface area contributed by atoms with Crippen LogP contribution in [0.15, 0.2) is 0 Å². The number of hydrogen-bond donors (Lipinski definition) is 2. The highest BCUT2D eigenvalue weighted by Gasteiger charge is 2.39. The minimum atomic E-state index is -0.899. The Bertz CT molecular complexity index is 356. The number of hydrogen-bond acceptors (Lipinski definition) is 4. The molecule has 1 aliphatic carbocycles. The van der Waals surface area contributed by atoms with Crippen molar-refractivity contribution in [3.8, 4) is 0 Å². The van der Waals surface area contributed by atoms with Gasteiger partial charge in [-0.15, -0.1) is 11.8 Å². The fourth-order valence-electron chi connectivity index (χ4n) is 3.07. The van der Waals surface area contributed by atoms with Crippen molar-refractivity contribution in [3.05, 3.63) is 0 Å². The smallest absolute Gasteiger partial charge is 0.327 e. The second-order valence-electron chi connectivity index (χ2n) is 5.66. The average molecular weight is 286 g/mol. The van der Waals surface area contributed by atoms with E-state index in [1.807, 2.05) is 0 Å². The maximum atomic E-state index is 12.4. The Kier molecular flexibility index (Phi) is 4.73. The number of nitrogens with zero attached hydrogens (tertiary/aromatic N) is 1. The molecular weight excluding hydrogens is 264 g/mol. The summed E-state index contributed by atoms with van der Waals surface area (Å²) < 4.78 is 0. The van der Waals surface area contributed by atoms with Crippen molar-refractivity contribution in [1.82, 2.24) is 4.90 Å². The van der Waals surface area contributed by atoms with E-state index in [1.165, 1.54) is 23.1 Å². The molecule has 1 heterocycles. The molecule has 0 bridgehead atoms. The summed E-state index contributed by atoms with van der Waals surface area (Å²) >= 11 is 1.51. The minimum Gasteiger partial charge on any atom is -0.480 e. The van der Waals surface area contributed by atoms with Crippen LogP contribution < -0.4 is 5.73 Å². The van der Waals surface area contributed by atoms with Gasteiger partial charge in [-0.05, 0) is 24.8 Å². The summed E-state index contributed by atoms with van der Waals surface area (Å²) in [6, 6.07) is -0.657. The quantitative estimate of drug-likeness (QED) is 0.813. The van der Waals surface area contributed by atoms with Gasteiger partial charge in [-0.25, -0.2) is 4.79 Å². The third kappa shape index (κ3) is 3.23. The molecule has 108 valence electrons. The molecule has 19 heavy (non-hydrogen) atoms. The van der Waals surface area contributed by atoms with Crippen LogP contribution in [0.4, 0.5) is 0 Å². The topological polar surface area (TPSA) is 83.6 Å². The predicted octanol–water partition coefficient (Wildman–Crippen LogP) is 1.27. The van der Waals surface area contributed by atoms with Gasteiger partial charge in [0.25, 0.3) is 0 Å². The lowest BCUT2D eigenvalue weighted by atomic mass is 9.71. The van der Waals surface area contributed by atoms with E-state index in [0.717, 1.165) is 25.7 Å². The first-order valence-electron chi connectivity index (χ1n) is 6.88. The number of carbonyl (C=O) groups excluding carboxylic acids is 1. The molecule has 1 atom stereocenters. The minimum absolute atomic E-state index is 0.0373. The normalized spacial score (nSPS) is 26.4. The number of thioether (sulfide) groups is 1. The van der Waals surface area contributed by atoms with Crippen LogP contribution in [0, 0.1) is 5.41 Å². The van der Waals surface area contributed by atoms with E-state index in [1.54, 1.807) is 0 Å². The zero-order valence-corrected chi connectivity index (χ0v) is 12.0. The third-order valence-electron chi connectivity index (χ3n) is 4.36. The molecule has 0 radical (unpaired) electrons.